The number of aliphatic hydroxyl groups excluding tert-OH is 1. The van der Waals surface area contributed by atoms with Crippen molar-refractivity contribution < 1.29 is 19.8 Å². The topological polar surface area (TPSA) is 112 Å². The van der Waals surface area contributed by atoms with Crippen molar-refractivity contribution in [2.75, 3.05) is 13.2 Å². The standard InChI is InChI=1S/C11H17N3O4S/c1-7(9-12-3-5-19-9)6-13-11(18)14-8(2-4-15)10(16)17/h3,5,7-8,15H,2,4,6H2,1H3,(H,16,17)(H2,13,14,18)/t7?,8-/m1/s1. The number of rotatable bonds is 7. The second kappa shape index (κ2) is 7.70. The van der Waals surface area contributed by atoms with E-state index in [0.717, 1.165) is 5.01 Å². The van der Waals surface area contributed by atoms with Crippen LogP contribution in [0.4, 0.5) is 4.79 Å². The first-order chi connectivity index (χ1) is 9.04. The average Bonchev–Trinajstić information content (AvgIpc) is 2.89. The molecule has 1 rings (SSSR count). The molecule has 1 unspecified atom stereocenters. The van der Waals surface area contributed by atoms with Gasteiger partial charge in [0.05, 0.1) is 5.01 Å². The normalized spacial score (nSPS) is 13.6. The van der Waals surface area contributed by atoms with Crippen molar-refractivity contribution in [3.63, 3.8) is 0 Å². The van der Waals surface area contributed by atoms with E-state index in [1.807, 2.05) is 12.3 Å². The molecule has 0 bridgehead atoms. The van der Waals surface area contributed by atoms with E-state index in [9.17, 15) is 9.59 Å². The number of urea groups is 1. The Morgan fingerprint density at radius 2 is 2.26 bits per heavy atom. The highest BCUT2D eigenvalue weighted by molar-refractivity contribution is 7.09. The molecule has 1 heterocycles. The largest absolute Gasteiger partial charge is 0.480 e. The molecule has 0 saturated heterocycles. The van der Waals surface area contributed by atoms with Crippen LogP contribution in [0.15, 0.2) is 11.6 Å². The molecule has 0 radical (unpaired) electrons. The lowest BCUT2D eigenvalue weighted by Gasteiger charge is -2.15. The number of hydrogen-bond donors (Lipinski definition) is 4. The number of carbonyl (C=O) groups is 2. The van der Waals surface area contributed by atoms with Crippen LogP contribution in [-0.2, 0) is 4.79 Å². The maximum Gasteiger partial charge on any atom is 0.326 e. The summed E-state index contributed by atoms with van der Waals surface area (Å²) in [5.74, 6) is -1.11. The zero-order valence-corrected chi connectivity index (χ0v) is 11.3. The zero-order chi connectivity index (χ0) is 14.3. The Morgan fingerprint density at radius 3 is 2.79 bits per heavy atom. The van der Waals surface area contributed by atoms with Crippen LogP contribution in [0.5, 0.6) is 0 Å². The number of thiazole rings is 1. The molecule has 0 aliphatic heterocycles. The number of aliphatic carboxylic acids is 1. The Bertz CT molecular complexity index is 410. The first-order valence-electron chi connectivity index (χ1n) is 5.82. The van der Waals surface area contributed by atoms with Crippen LogP contribution in [0.25, 0.3) is 0 Å². The quantitative estimate of drug-likeness (QED) is 0.579. The zero-order valence-electron chi connectivity index (χ0n) is 10.5. The number of carboxylic acid groups (broad SMARTS) is 1. The van der Waals surface area contributed by atoms with Crippen LogP contribution in [0.1, 0.15) is 24.3 Å². The highest BCUT2D eigenvalue weighted by Gasteiger charge is 2.19. The summed E-state index contributed by atoms with van der Waals surface area (Å²) in [6, 6.07) is -1.65. The smallest absolute Gasteiger partial charge is 0.326 e. The number of aliphatic hydroxyl groups is 1. The van der Waals surface area contributed by atoms with E-state index in [1.165, 1.54) is 11.3 Å². The molecule has 0 saturated carbocycles. The van der Waals surface area contributed by atoms with Crippen molar-refractivity contribution in [3.8, 4) is 0 Å². The van der Waals surface area contributed by atoms with E-state index in [4.69, 9.17) is 10.2 Å². The Labute approximate surface area is 114 Å². The lowest BCUT2D eigenvalue weighted by Crippen LogP contribution is -2.47. The molecular formula is C11H17N3O4S. The summed E-state index contributed by atoms with van der Waals surface area (Å²) in [6.07, 6.45) is 1.67. The van der Waals surface area contributed by atoms with Crippen molar-refractivity contribution in [2.24, 2.45) is 0 Å². The van der Waals surface area contributed by atoms with Gasteiger partial charge in [0.15, 0.2) is 0 Å². The molecule has 19 heavy (non-hydrogen) atoms. The molecule has 0 aliphatic carbocycles. The minimum Gasteiger partial charge on any atom is -0.480 e. The number of hydrogen-bond acceptors (Lipinski definition) is 5. The first-order valence-corrected chi connectivity index (χ1v) is 6.70. The van der Waals surface area contributed by atoms with E-state index in [2.05, 4.69) is 15.6 Å². The number of nitrogens with zero attached hydrogens (tertiary/aromatic N) is 1. The lowest BCUT2D eigenvalue weighted by atomic mass is 10.2. The van der Waals surface area contributed by atoms with Crippen molar-refractivity contribution in [1.29, 1.82) is 0 Å². The summed E-state index contributed by atoms with van der Waals surface area (Å²) in [7, 11) is 0. The maximum absolute atomic E-state index is 11.5. The van der Waals surface area contributed by atoms with Gasteiger partial charge in [-0.2, -0.15) is 0 Å². The molecule has 0 spiro atoms. The summed E-state index contributed by atoms with van der Waals surface area (Å²) in [5, 5.41) is 25.2. The summed E-state index contributed by atoms with van der Waals surface area (Å²) in [4.78, 5) is 26.4. The summed E-state index contributed by atoms with van der Waals surface area (Å²) in [6.45, 7) is 1.99. The lowest BCUT2D eigenvalue weighted by molar-refractivity contribution is -0.139. The van der Waals surface area contributed by atoms with E-state index in [1.54, 1.807) is 6.20 Å². The number of amides is 2. The summed E-state index contributed by atoms with van der Waals surface area (Å²) in [5.41, 5.74) is 0. The van der Waals surface area contributed by atoms with Gasteiger partial charge in [-0.25, -0.2) is 14.6 Å². The molecule has 4 N–H and O–H groups in total. The van der Waals surface area contributed by atoms with Gasteiger partial charge in [0.25, 0.3) is 0 Å². The van der Waals surface area contributed by atoms with Gasteiger partial charge in [0.2, 0.25) is 0 Å². The second-order valence-corrected chi connectivity index (χ2v) is 4.96. The fourth-order valence-electron chi connectivity index (χ4n) is 1.41. The van der Waals surface area contributed by atoms with Gasteiger partial charge < -0.3 is 20.8 Å². The minimum atomic E-state index is -1.17. The van der Waals surface area contributed by atoms with E-state index >= 15 is 0 Å². The minimum absolute atomic E-state index is 0.0230. The molecule has 1 aromatic rings. The van der Waals surface area contributed by atoms with Crippen LogP contribution in [0.2, 0.25) is 0 Å². The maximum atomic E-state index is 11.5. The van der Waals surface area contributed by atoms with Gasteiger partial charge in [-0.05, 0) is 0 Å². The second-order valence-electron chi connectivity index (χ2n) is 4.03. The third-order valence-corrected chi connectivity index (χ3v) is 3.47. The van der Waals surface area contributed by atoms with E-state index < -0.39 is 18.0 Å². The molecule has 0 aliphatic rings. The monoisotopic (exact) mass is 287 g/mol. The molecule has 7 nitrogen and oxygen atoms in total. The van der Waals surface area contributed by atoms with Crippen molar-refractivity contribution in [1.82, 2.24) is 15.6 Å². The van der Waals surface area contributed by atoms with E-state index in [0.29, 0.717) is 6.54 Å². The average molecular weight is 287 g/mol. The fraction of sp³-hybridized carbons (Fsp3) is 0.545. The van der Waals surface area contributed by atoms with Crippen LogP contribution in [0, 0.1) is 0 Å². The number of aromatic nitrogens is 1. The highest BCUT2D eigenvalue weighted by atomic mass is 32.1. The fourth-order valence-corrected chi connectivity index (χ4v) is 2.11. The Hall–Kier alpha value is -1.67. The molecule has 106 valence electrons. The SMILES string of the molecule is CC(CNC(=O)N[C@H](CCO)C(=O)O)c1nccs1. The molecule has 0 aromatic carbocycles. The summed E-state index contributed by atoms with van der Waals surface area (Å²) >= 11 is 1.50. The highest BCUT2D eigenvalue weighted by Crippen LogP contribution is 2.16. The molecule has 2 atom stereocenters. The third kappa shape index (κ3) is 5.23. The number of nitrogens with one attached hydrogen (secondary N) is 2. The van der Waals surface area contributed by atoms with Gasteiger partial charge in [-0.15, -0.1) is 11.3 Å². The van der Waals surface area contributed by atoms with Gasteiger partial charge in [-0.3, -0.25) is 0 Å². The Kier molecular flexibility index (Phi) is 6.23. The third-order valence-electron chi connectivity index (χ3n) is 2.46. The number of carboxylic acids is 1. The van der Waals surface area contributed by atoms with Gasteiger partial charge in [0, 0.05) is 37.1 Å². The predicted molar refractivity (Wildman–Crippen MR) is 70.2 cm³/mol. The predicted octanol–water partition coefficient (Wildman–Crippen LogP) is 0.381. The van der Waals surface area contributed by atoms with Gasteiger partial charge in [-0.1, -0.05) is 6.92 Å². The van der Waals surface area contributed by atoms with Crippen LogP contribution >= 0.6 is 11.3 Å². The van der Waals surface area contributed by atoms with Gasteiger partial charge >= 0.3 is 12.0 Å². The van der Waals surface area contributed by atoms with Gasteiger partial charge in [0.1, 0.15) is 6.04 Å². The van der Waals surface area contributed by atoms with Crippen LogP contribution in [0.3, 0.4) is 0 Å². The van der Waals surface area contributed by atoms with E-state index in [-0.39, 0.29) is 18.9 Å². The Morgan fingerprint density at radius 1 is 1.53 bits per heavy atom. The molecule has 0 fully saturated rings. The van der Waals surface area contributed by atoms with Crippen LogP contribution < -0.4 is 10.6 Å². The molecule has 1 aromatic heterocycles. The molecule has 2 amide bonds. The number of carbonyl (C=O) groups excluding carboxylic acids is 1. The van der Waals surface area contributed by atoms with Crippen molar-refractivity contribution in [3.05, 3.63) is 16.6 Å². The summed E-state index contributed by atoms with van der Waals surface area (Å²) < 4.78 is 0. The Balaban J connectivity index is 2.36. The van der Waals surface area contributed by atoms with Crippen molar-refractivity contribution >= 4 is 23.3 Å². The van der Waals surface area contributed by atoms with Crippen molar-refractivity contribution in [2.45, 2.75) is 25.3 Å². The first kappa shape index (κ1) is 15.4. The molecular weight excluding hydrogens is 270 g/mol. The molecule has 8 heteroatoms. The van der Waals surface area contributed by atoms with Crippen LogP contribution in [-0.4, -0.2) is 46.4 Å².